The molecule has 0 amide bonds. The lowest BCUT2D eigenvalue weighted by atomic mass is 9.87. The van der Waals surface area contributed by atoms with Gasteiger partial charge in [0.05, 0.1) is 14.2 Å². The van der Waals surface area contributed by atoms with Crippen molar-refractivity contribution in [1.29, 1.82) is 0 Å². The van der Waals surface area contributed by atoms with Gasteiger partial charge in [0.25, 0.3) is 0 Å². The fourth-order valence-electron chi connectivity index (χ4n) is 2.14. The highest BCUT2D eigenvalue weighted by molar-refractivity contribution is 5.42. The van der Waals surface area contributed by atoms with Crippen molar-refractivity contribution in [3.63, 3.8) is 0 Å². The number of hydrogen-bond donors (Lipinski definition) is 1. The molecule has 1 aromatic rings. The largest absolute Gasteiger partial charge is 0.497 e. The van der Waals surface area contributed by atoms with Crippen molar-refractivity contribution in [1.82, 2.24) is 5.32 Å². The molecule has 108 valence electrons. The number of nitrogens with one attached hydrogen (secondary N) is 1. The van der Waals surface area contributed by atoms with Gasteiger partial charge in [-0.25, -0.2) is 0 Å². The maximum absolute atomic E-state index is 5.46. The maximum atomic E-state index is 5.46. The van der Waals surface area contributed by atoms with Gasteiger partial charge in [0.15, 0.2) is 0 Å². The molecule has 0 heterocycles. The fraction of sp³-hybridized carbons (Fsp3) is 0.625. The molecule has 0 saturated heterocycles. The summed E-state index contributed by atoms with van der Waals surface area (Å²) in [5.41, 5.74) is 1.50. The summed E-state index contributed by atoms with van der Waals surface area (Å²) in [6, 6.07) is 6.24. The SMILES string of the molecule is CNC(CCC(C)(C)C)c1cc(OC)ccc1OC. The van der Waals surface area contributed by atoms with E-state index < -0.39 is 0 Å². The summed E-state index contributed by atoms with van der Waals surface area (Å²) < 4.78 is 10.8. The Hall–Kier alpha value is -1.22. The van der Waals surface area contributed by atoms with Crippen LogP contribution < -0.4 is 14.8 Å². The minimum Gasteiger partial charge on any atom is -0.497 e. The third kappa shape index (κ3) is 4.75. The second kappa shape index (κ2) is 6.80. The molecule has 0 fully saturated rings. The van der Waals surface area contributed by atoms with Crippen LogP contribution in [-0.2, 0) is 0 Å². The first-order chi connectivity index (χ1) is 8.91. The zero-order valence-electron chi connectivity index (χ0n) is 13.0. The molecule has 1 N–H and O–H groups in total. The Kier molecular flexibility index (Phi) is 5.67. The van der Waals surface area contributed by atoms with E-state index in [1.54, 1.807) is 14.2 Å². The average molecular weight is 265 g/mol. The molecule has 1 rings (SSSR count). The van der Waals surface area contributed by atoms with Gasteiger partial charge >= 0.3 is 0 Å². The Bertz CT molecular complexity index is 396. The van der Waals surface area contributed by atoms with E-state index in [-0.39, 0.29) is 6.04 Å². The van der Waals surface area contributed by atoms with Crippen molar-refractivity contribution >= 4 is 0 Å². The molecular formula is C16H27NO2. The molecule has 0 saturated carbocycles. The number of methoxy groups -OCH3 is 2. The van der Waals surface area contributed by atoms with E-state index in [1.807, 2.05) is 19.2 Å². The second-order valence-corrected chi connectivity index (χ2v) is 6.05. The maximum Gasteiger partial charge on any atom is 0.123 e. The van der Waals surface area contributed by atoms with E-state index in [0.717, 1.165) is 29.9 Å². The predicted octanol–water partition coefficient (Wildman–Crippen LogP) is 3.79. The molecule has 1 unspecified atom stereocenters. The van der Waals surface area contributed by atoms with E-state index in [2.05, 4.69) is 32.2 Å². The van der Waals surface area contributed by atoms with Gasteiger partial charge in [-0.15, -0.1) is 0 Å². The Labute approximate surface area is 117 Å². The number of benzene rings is 1. The highest BCUT2D eigenvalue weighted by atomic mass is 16.5. The van der Waals surface area contributed by atoms with E-state index in [0.29, 0.717) is 5.41 Å². The Balaban J connectivity index is 2.95. The van der Waals surface area contributed by atoms with Crippen molar-refractivity contribution in [3.8, 4) is 11.5 Å². The Morgan fingerprint density at radius 1 is 1.16 bits per heavy atom. The normalized spacial score (nSPS) is 13.2. The molecule has 0 aliphatic rings. The minimum absolute atomic E-state index is 0.282. The molecule has 0 bridgehead atoms. The molecule has 0 radical (unpaired) electrons. The molecule has 19 heavy (non-hydrogen) atoms. The van der Waals surface area contributed by atoms with Gasteiger partial charge in [0.1, 0.15) is 11.5 Å². The van der Waals surface area contributed by atoms with Gasteiger partial charge in [-0.3, -0.25) is 0 Å². The van der Waals surface area contributed by atoms with Crippen LogP contribution in [0.5, 0.6) is 11.5 Å². The van der Waals surface area contributed by atoms with E-state index in [9.17, 15) is 0 Å². The number of ether oxygens (including phenoxy) is 2. The first-order valence-electron chi connectivity index (χ1n) is 6.80. The van der Waals surface area contributed by atoms with Crippen LogP contribution in [-0.4, -0.2) is 21.3 Å². The lowest BCUT2D eigenvalue weighted by Gasteiger charge is -2.24. The standard InChI is InChI=1S/C16H27NO2/c1-16(2,3)10-9-14(17-4)13-11-12(18-5)7-8-15(13)19-6/h7-8,11,14,17H,9-10H2,1-6H3. The molecule has 1 aromatic carbocycles. The topological polar surface area (TPSA) is 30.5 Å². The van der Waals surface area contributed by atoms with Crippen molar-refractivity contribution in [3.05, 3.63) is 23.8 Å². The molecule has 3 nitrogen and oxygen atoms in total. The van der Waals surface area contributed by atoms with E-state index >= 15 is 0 Å². The van der Waals surface area contributed by atoms with Crippen LogP contribution in [0.2, 0.25) is 0 Å². The van der Waals surface area contributed by atoms with Crippen LogP contribution in [0.1, 0.15) is 45.2 Å². The van der Waals surface area contributed by atoms with Gasteiger partial charge in [0.2, 0.25) is 0 Å². The zero-order valence-corrected chi connectivity index (χ0v) is 13.0. The van der Waals surface area contributed by atoms with Crippen LogP contribution in [0.15, 0.2) is 18.2 Å². The molecular weight excluding hydrogens is 238 g/mol. The number of hydrogen-bond acceptors (Lipinski definition) is 3. The first-order valence-corrected chi connectivity index (χ1v) is 6.80. The van der Waals surface area contributed by atoms with E-state index in [4.69, 9.17) is 9.47 Å². The zero-order chi connectivity index (χ0) is 14.5. The highest BCUT2D eigenvalue weighted by Gasteiger charge is 2.19. The number of rotatable bonds is 6. The van der Waals surface area contributed by atoms with Crippen LogP contribution in [0.25, 0.3) is 0 Å². The summed E-state index contributed by atoms with van der Waals surface area (Å²) in [6.07, 6.45) is 2.22. The van der Waals surface area contributed by atoms with Crippen LogP contribution in [0, 0.1) is 5.41 Å². The highest BCUT2D eigenvalue weighted by Crippen LogP contribution is 2.34. The summed E-state index contributed by atoms with van der Waals surface area (Å²) >= 11 is 0. The summed E-state index contributed by atoms with van der Waals surface area (Å²) in [5.74, 6) is 1.78. The van der Waals surface area contributed by atoms with Crippen molar-refractivity contribution in [2.75, 3.05) is 21.3 Å². The van der Waals surface area contributed by atoms with Crippen LogP contribution in [0.3, 0.4) is 0 Å². The molecule has 1 atom stereocenters. The molecule has 0 aliphatic carbocycles. The first kappa shape index (κ1) is 15.8. The third-order valence-electron chi connectivity index (χ3n) is 3.34. The van der Waals surface area contributed by atoms with Crippen molar-refractivity contribution in [2.45, 2.75) is 39.7 Å². The molecule has 0 spiro atoms. The van der Waals surface area contributed by atoms with Crippen LogP contribution in [0.4, 0.5) is 0 Å². The van der Waals surface area contributed by atoms with Crippen molar-refractivity contribution in [2.24, 2.45) is 5.41 Å². The summed E-state index contributed by atoms with van der Waals surface area (Å²) in [6.45, 7) is 6.80. The monoisotopic (exact) mass is 265 g/mol. The van der Waals surface area contributed by atoms with Crippen LogP contribution >= 0.6 is 0 Å². The lowest BCUT2D eigenvalue weighted by Crippen LogP contribution is -2.19. The van der Waals surface area contributed by atoms with Gasteiger partial charge in [0, 0.05) is 11.6 Å². The quantitative estimate of drug-likeness (QED) is 0.849. The van der Waals surface area contributed by atoms with Gasteiger partial charge < -0.3 is 14.8 Å². The Morgan fingerprint density at radius 3 is 2.32 bits per heavy atom. The third-order valence-corrected chi connectivity index (χ3v) is 3.34. The summed E-state index contributed by atoms with van der Waals surface area (Å²) in [5, 5.41) is 3.38. The average Bonchev–Trinajstić information content (AvgIpc) is 2.38. The molecule has 0 aliphatic heterocycles. The Morgan fingerprint density at radius 2 is 1.84 bits per heavy atom. The molecule has 3 heteroatoms. The summed E-state index contributed by atoms with van der Waals surface area (Å²) in [4.78, 5) is 0. The molecule has 0 aromatic heterocycles. The van der Waals surface area contributed by atoms with Gasteiger partial charge in [-0.2, -0.15) is 0 Å². The predicted molar refractivity (Wildman–Crippen MR) is 80.0 cm³/mol. The minimum atomic E-state index is 0.282. The van der Waals surface area contributed by atoms with Gasteiger partial charge in [-0.05, 0) is 43.5 Å². The van der Waals surface area contributed by atoms with Crippen molar-refractivity contribution < 1.29 is 9.47 Å². The lowest BCUT2D eigenvalue weighted by molar-refractivity contribution is 0.331. The van der Waals surface area contributed by atoms with Gasteiger partial charge in [-0.1, -0.05) is 20.8 Å². The van der Waals surface area contributed by atoms with E-state index in [1.165, 1.54) is 0 Å². The smallest absolute Gasteiger partial charge is 0.123 e. The second-order valence-electron chi connectivity index (χ2n) is 6.05. The fourth-order valence-corrected chi connectivity index (χ4v) is 2.14. The summed E-state index contributed by atoms with van der Waals surface area (Å²) in [7, 11) is 5.39.